The summed E-state index contributed by atoms with van der Waals surface area (Å²) in [5, 5.41) is 8.09. The van der Waals surface area contributed by atoms with Crippen molar-refractivity contribution in [1.29, 1.82) is 0 Å². The summed E-state index contributed by atoms with van der Waals surface area (Å²) in [5.41, 5.74) is 14.5. The van der Waals surface area contributed by atoms with Gasteiger partial charge < -0.3 is 0 Å². The molecule has 0 aromatic heterocycles. The first-order valence-electron chi connectivity index (χ1n) is 16.5. The van der Waals surface area contributed by atoms with Crippen LogP contribution in [0, 0.1) is 0 Å². The van der Waals surface area contributed by atoms with Crippen LogP contribution >= 0.6 is 0 Å². The van der Waals surface area contributed by atoms with Crippen molar-refractivity contribution in [2.45, 2.75) is 51.4 Å². The summed E-state index contributed by atoms with van der Waals surface area (Å²) in [5.74, 6) is 0. The van der Waals surface area contributed by atoms with E-state index in [9.17, 15) is 0 Å². The first kappa shape index (κ1) is 25.8. The zero-order valence-electron chi connectivity index (χ0n) is 25.2. The molecular weight excluding hydrogens is 528 g/mol. The third-order valence-corrected chi connectivity index (χ3v) is 10.5. The Bertz CT molecular complexity index is 2230. The fourth-order valence-corrected chi connectivity index (χ4v) is 8.43. The van der Waals surface area contributed by atoms with Crippen molar-refractivity contribution in [2.75, 3.05) is 0 Å². The third kappa shape index (κ3) is 4.05. The Morgan fingerprint density at radius 3 is 1.52 bits per heavy atom. The molecule has 2 aliphatic carbocycles. The number of benzene rings is 7. The Labute approximate surface area is 260 Å². The zero-order chi connectivity index (χ0) is 29.0. The van der Waals surface area contributed by atoms with Crippen LogP contribution in [-0.4, -0.2) is 0 Å². The van der Waals surface area contributed by atoms with Gasteiger partial charge in [0.2, 0.25) is 0 Å². The molecule has 0 amide bonds. The summed E-state index contributed by atoms with van der Waals surface area (Å²) in [4.78, 5) is 0. The second-order valence-electron chi connectivity index (χ2n) is 12.9. The lowest BCUT2D eigenvalue weighted by Gasteiger charge is -2.25. The molecule has 2 aliphatic rings. The molecule has 0 aliphatic heterocycles. The summed E-state index contributed by atoms with van der Waals surface area (Å²) in [6.45, 7) is 0. The maximum atomic E-state index is 2.51. The summed E-state index contributed by atoms with van der Waals surface area (Å²) in [6.07, 6.45) is 9.86. The predicted molar refractivity (Wildman–Crippen MR) is 189 cm³/mol. The van der Waals surface area contributed by atoms with Gasteiger partial charge in [0.05, 0.1) is 0 Å². The van der Waals surface area contributed by atoms with Crippen molar-refractivity contribution >= 4 is 32.3 Å². The topological polar surface area (TPSA) is 0 Å². The molecule has 0 radical (unpaired) electrons. The largest absolute Gasteiger partial charge is 0.0616 e. The Kier molecular flexibility index (Phi) is 6.15. The molecule has 7 aromatic rings. The molecule has 7 aromatic carbocycles. The second kappa shape index (κ2) is 10.5. The van der Waals surface area contributed by atoms with Gasteiger partial charge in [0.1, 0.15) is 0 Å². The lowest BCUT2D eigenvalue weighted by Crippen LogP contribution is -2.06. The molecule has 9 rings (SSSR count). The van der Waals surface area contributed by atoms with Crippen LogP contribution in [0.2, 0.25) is 0 Å². The number of fused-ring (bicyclic) bond motifs is 5. The van der Waals surface area contributed by atoms with Gasteiger partial charge >= 0.3 is 0 Å². The highest BCUT2D eigenvalue weighted by molar-refractivity contribution is 6.22. The average molecular weight is 565 g/mol. The van der Waals surface area contributed by atoms with E-state index < -0.39 is 0 Å². The Morgan fingerprint density at radius 2 is 0.841 bits per heavy atom. The SMILES string of the molecule is c1cc2c(c(-c3c4ccccc4c(-c4cccc5c4CCCC5)c4cc(-c5cccc6ccccc56)ccc34)c1)CCCC2. The van der Waals surface area contributed by atoms with Gasteiger partial charge in [-0.25, -0.2) is 0 Å². The van der Waals surface area contributed by atoms with E-state index in [0.717, 1.165) is 6.42 Å². The molecule has 0 unspecified atom stereocenters. The fraction of sp³-hybridized carbons (Fsp3) is 0.182. The minimum absolute atomic E-state index is 1.16. The zero-order valence-corrected chi connectivity index (χ0v) is 25.2. The van der Waals surface area contributed by atoms with Gasteiger partial charge in [-0.1, -0.05) is 115 Å². The van der Waals surface area contributed by atoms with Crippen molar-refractivity contribution in [3.63, 3.8) is 0 Å². The minimum atomic E-state index is 1.16. The van der Waals surface area contributed by atoms with Gasteiger partial charge in [0.25, 0.3) is 0 Å². The monoisotopic (exact) mass is 564 g/mol. The standard InChI is InChI=1S/C44H36/c1-4-18-33-29(12-1)15-9-23-36(33)32-26-27-41-42(28-32)44(38-25-11-17-31-14-3-6-20-35(31)38)40-22-8-7-21-39(40)43(41)37-24-10-16-30-13-2-5-19-34(30)37/h1,4,7-12,15-18,21-28H,2-3,5-6,13-14,19-20H2. The van der Waals surface area contributed by atoms with E-state index in [1.807, 2.05) is 0 Å². The van der Waals surface area contributed by atoms with Crippen LogP contribution in [0.15, 0.2) is 121 Å². The minimum Gasteiger partial charge on any atom is -0.0616 e. The first-order valence-corrected chi connectivity index (χ1v) is 16.5. The molecule has 0 fully saturated rings. The average Bonchev–Trinajstić information content (AvgIpc) is 3.10. The smallest absolute Gasteiger partial charge is 0.00233 e. The van der Waals surface area contributed by atoms with Crippen LogP contribution in [0.4, 0.5) is 0 Å². The number of hydrogen-bond acceptors (Lipinski definition) is 0. The molecule has 44 heavy (non-hydrogen) atoms. The van der Waals surface area contributed by atoms with Gasteiger partial charge in [0, 0.05) is 0 Å². The van der Waals surface area contributed by atoms with Gasteiger partial charge in [-0.3, -0.25) is 0 Å². The van der Waals surface area contributed by atoms with Crippen LogP contribution in [0.25, 0.3) is 65.7 Å². The Hall–Kier alpha value is -4.68. The summed E-state index contributed by atoms with van der Waals surface area (Å²) in [6, 6.07) is 46.2. The normalized spacial score (nSPS) is 14.5. The molecule has 0 heteroatoms. The third-order valence-electron chi connectivity index (χ3n) is 10.5. The van der Waals surface area contributed by atoms with Crippen LogP contribution in [0.1, 0.15) is 47.9 Å². The lowest BCUT2D eigenvalue weighted by molar-refractivity contribution is 0.687. The second-order valence-corrected chi connectivity index (χ2v) is 12.9. The summed E-state index contributed by atoms with van der Waals surface area (Å²) < 4.78 is 0. The molecular formula is C44H36. The van der Waals surface area contributed by atoms with Crippen molar-refractivity contribution in [2.24, 2.45) is 0 Å². The van der Waals surface area contributed by atoms with Crippen LogP contribution in [0.3, 0.4) is 0 Å². The number of rotatable bonds is 3. The predicted octanol–water partition coefficient (Wildman–Crippen LogP) is 11.9. The molecule has 212 valence electrons. The van der Waals surface area contributed by atoms with Crippen molar-refractivity contribution in [3.05, 3.63) is 144 Å². The molecule has 0 atom stereocenters. The van der Waals surface area contributed by atoms with Crippen LogP contribution in [0.5, 0.6) is 0 Å². The highest BCUT2D eigenvalue weighted by Crippen LogP contribution is 2.48. The first-order chi connectivity index (χ1) is 21.8. The Morgan fingerprint density at radius 1 is 0.341 bits per heavy atom. The van der Waals surface area contributed by atoms with E-state index in [2.05, 4.69) is 121 Å². The highest BCUT2D eigenvalue weighted by atomic mass is 14.3. The molecule has 0 bridgehead atoms. The van der Waals surface area contributed by atoms with Crippen molar-refractivity contribution in [1.82, 2.24) is 0 Å². The van der Waals surface area contributed by atoms with Gasteiger partial charge in [-0.15, -0.1) is 0 Å². The highest BCUT2D eigenvalue weighted by Gasteiger charge is 2.23. The maximum Gasteiger partial charge on any atom is -0.00233 e. The fourth-order valence-electron chi connectivity index (χ4n) is 8.43. The van der Waals surface area contributed by atoms with E-state index in [0.29, 0.717) is 0 Å². The quantitative estimate of drug-likeness (QED) is 0.187. The summed E-state index contributed by atoms with van der Waals surface area (Å²) >= 11 is 0. The molecule has 0 spiro atoms. The van der Waals surface area contributed by atoms with Crippen molar-refractivity contribution in [3.8, 4) is 33.4 Å². The lowest BCUT2D eigenvalue weighted by atomic mass is 9.78. The van der Waals surface area contributed by atoms with Crippen LogP contribution < -0.4 is 0 Å². The van der Waals surface area contributed by atoms with E-state index in [4.69, 9.17) is 0 Å². The maximum absolute atomic E-state index is 2.51. The number of aryl methyl sites for hydroxylation is 2. The van der Waals surface area contributed by atoms with E-state index in [-0.39, 0.29) is 0 Å². The van der Waals surface area contributed by atoms with Crippen molar-refractivity contribution < 1.29 is 0 Å². The molecule has 0 saturated heterocycles. The Balaban J connectivity index is 1.43. The summed E-state index contributed by atoms with van der Waals surface area (Å²) in [7, 11) is 0. The molecule has 0 nitrogen and oxygen atoms in total. The molecule has 0 N–H and O–H groups in total. The van der Waals surface area contributed by atoms with Crippen LogP contribution in [-0.2, 0) is 25.7 Å². The van der Waals surface area contributed by atoms with E-state index in [1.54, 1.807) is 16.7 Å². The van der Waals surface area contributed by atoms with Gasteiger partial charge in [0.15, 0.2) is 0 Å². The van der Waals surface area contributed by atoms with E-state index >= 15 is 0 Å². The number of hydrogen-bond donors (Lipinski definition) is 0. The van der Waals surface area contributed by atoms with Gasteiger partial charge in [-0.2, -0.15) is 0 Å². The molecule has 0 heterocycles. The van der Waals surface area contributed by atoms with Gasteiger partial charge in [-0.05, 0) is 145 Å². The molecule has 0 saturated carbocycles. The van der Waals surface area contributed by atoms with E-state index in [1.165, 1.54) is 116 Å².